The zero-order valence-electron chi connectivity index (χ0n) is 10.9. The summed E-state index contributed by atoms with van der Waals surface area (Å²) in [6.45, 7) is 1.53. The van der Waals surface area contributed by atoms with Crippen LogP contribution in [0.1, 0.15) is 12.8 Å². The van der Waals surface area contributed by atoms with E-state index in [1.807, 2.05) is 0 Å². The van der Waals surface area contributed by atoms with Crippen LogP contribution in [0, 0.1) is 5.92 Å². The van der Waals surface area contributed by atoms with E-state index in [2.05, 4.69) is 4.72 Å². The van der Waals surface area contributed by atoms with Crippen LogP contribution in [0.25, 0.3) is 0 Å². The van der Waals surface area contributed by atoms with Crippen molar-refractivity contribution in [1.29, 1.82) is 0 Å². The Kier molecular flexibility index (Phi) is 5.14. The number of anilines is 1. The Hall–Kier alpha value is -0.530. The molecule has 0 amide bonds. The van der Waals surface area contributed by atoms with Gasteiger partial charge in [0.1, 0.15) is 0 Å². The van der Waals surface area contributed by atoms with E-state index in [-0.39, 0.29) is 0 Å². The third-order valence-corrected chi connectivity index (χ3v) is 5.50. The molecular weight excluding hydrogens is 321 g/mol. The molecule has 5 nitrogen and oxygen atoms in total. The Morgan fingerprint density at radius 2 is 1.95 bits per heavy atom. The monoisotopic (exact) mass is 337 g/mol. The standard InChI is InChI=1S/C12H17Cl2N3O2S/c13-10-1-2-11(14)12(7-10)16-20(18,19)17-5-3-9(8-15)4-6-17/h1-2,7,9,16H,3-6,8,15H2. The summed E-state index contributed by atoms with van der Waals surface area (Å²) < 4.78 is 28.5. The molecule has 0 radical (unpaired) electrons. The number of halogens is 2. The van der Waals surface area contributed by atoms with E-state index in [4.69, 9.17) is 28.9 Å². The number of nitrogens with two attached hydrogens (primary N) is 1. The van der Waals surface area contributed by atoms with Crippen molar-refractivity contribution in [2.24, 2.45) is 11.7 Å². The van der Waals surface area contributed by atoms with Gasteiger partial charge in [-0.1, -0.05) is 23.2 Å². The van der Waals surface area contributed by atoms with E-state index in [1.165, 1.54) is 10.4 Å². The summed E-state index contributed by atoms with van der Waals surface area (Å²) in [7, 11) is -3.61. The van der Waals surface area contributed by atoms with Gasteiger partial charge in [-0.3, -0.25) is 4.72 Å². The van der Waals surface area contributed by atoms with Crippen molar-refractivity contribution in [2.75, 3.05) is 24.4 Å². The summed E-state index contributed by atoms with van der Waals surface area (Å²) in [5.74, 6) is 0.399. The molecule has 0 aliphatic carbocycles. The zero-order valence-corrected chi connectivity index (χ0v) is 13.2. The van der Waals surface area contributed by atoms with Crippen LogP contribution in [0.2, 0.25) is 10.0 Å². The second-order valence-corrected chi connectivity index (χ2v) is 7.32. The molecule has 1 aromatic rings. The Labute approximate surface area is 129 Å². The average Bonchev–Trinajstić information content (AvgIpc) is 2.43. The molecule has 0 aromatic heterocycles. The Bertz CT molecular complexity index is 572. The van der Waals surface area contributed by atoms with Crippen LogP contribution in [0.5, 0.6) is 0 Å². The maximum Gasteiger partial charge on any atom is 0.301 e. The Morgan fingerprint density at radius 1 is 1.30 bits per heavy atom. The van der Waals surface area contributed by atoms with Crippen LogP contribution in [-0.4, -0.2) is 32.4 Å². The molecule has 0 unspecified atom stereocenters. The molecular formula is C12H17Cl2N3O2S. The highest BCUT2D eigenvalue weighted by atomic mass is 35.5. The van der Waals surface area contributed by atoms with Crippen LogP contribution < -0.4 is 10.5 Å². The van der Waals surface area contributed by atoms with Crippen LogP contribution in [0.15, 0.2) is 18.2 Å². The predicted molar refractivity (Wildman–Crippen MR) is 82.4 cm³/mol. The summed E-state index contributed by atoms with van der Waals surface area (Å²) in [6.07, 6.45) is 1.56. The first-order chi connectivity index (χ1) is 9.42. The van der Waals surface area contributed by atoms with Gasteiger partial charge in [0.05, 0.1) is 10.7 Å². The summed E-state index contributed by atoms with van der Waals surface area (Å²) in [6, 6.07) is 4.66. The minimum atomic E-state index is -3.61. The van der Waals surface area contributed by atoms with E-state index in [0.29, 0.717) is 41.3 Å². The lowest BCUT2D eigenvalue weighted by molar-refractivity contribution is 0.280. The minimum Gasteiger partial charge on any atom is -0.330 e. The summed E-state index contributed by atoms with van der Waals surface area (Å²) >= 11 is 11.8. The van der Waals surface area contributed by atoms with Gasteiger partial charge in [-0.2, -0.15) is 12.7 Å². The van der Waals surface area contributed by atoms with Crippen molar-refractivity contribution in [2.45, 2.75) is 12.8 Å². The molecule has 20 heavy (non-hydrogen) atoms. The first kappa shape index (κ1) is 15.9. The molecule has 1 aromatic carbocycles. The topological polar surface area (TPSA) is 75.4 Å². The smallest absolute Gasteiger partial charge is 0.301 e. The molecule has 112 valence electrons. The second-order valence-electron chi connectivity index (χ2n) is 4.81. The maximum absolute atomic E-state index is 12.3. The molecule has 0 spiro atoms. The molecule has 8 heteroatoms. The van der Waals surface area contributed by atoms with Crippen molar-refractivity contribution in [1.82, 2.24) is 4.31 Å². The molecule has 0 atom stereocenters. The highest BCUT2D eigenvalue weighted by molar-refractivity contribution is 7.90. The predicted octanol–water partition coefficient (Wildman–Crippen LogP) is 2.32. The molecule has 0 saturated carbocycles. The third-order valence-electron chi connectivity index (χ3n) is 3.41. The number of hydrogen-bond donors (Lipinski definition) is 2. The highest BCUT2D eigenvalue weighted by Gasteiger charge is 2.27. The molecule has 1 saturated heterocycles. The van der Waals surface area contributed by atoms with Crippen LogP contribution in [0.4, 0.5) is 5.69 Å². The fourth-order valence-corrected chi connectivity index (χ4v) is 3.82. The van der Waals surface area contributed by atoms with Gasteiger partial charge in [-0.15, -0.1) is 0 Å². The van der Waals surface area contributed by atoms with Crippen molar-refractivity contribution in [3.05, 3.63) is 28.2 Å². The van der Waals surface area contributed by atoms with Gasteiger partial charge in [-0.05, 0) is 43.5 Å². The van der Waals surface area contributed by atoms with E-state index in [1.54, 1.807) is 12.1 Å². The molecule has 3 N–H and O–H groups in total. The first-order valence-corrected chi connectivity index (χ1v) is 8.55. The van der Waals surface area contributed by atoms with Gasteiger partial charge < -0.3 is 5.73 Å². The maximum atomic E-state index is 12.3. The zero-order chi connectivity index (χ0) is 14.8. The lowest BCUT2D eigenvalue weighted by Crippen LogP contribution is -2.42. The molecule has 1 heterocycles. The summed E-state index contributed by atoms with van der Waals surface area (Å²) in [5, 5.41) is 0.740. The van der Waals surface area contributed by atoms with Crippen molar-refractivity contribution < 1.29 is 8.42 Å². The van der Waals surface area contributed by atoms with Crippen molar-refractivity contribution in [3.63, 3.8) is 0 Å². The normalized spacial score (nSPS) is 18.1. The number of piperidine rings is 1. The van der Waals surface area contributed by atoms with E-state index >= 15 is 0 Å². The van der Waals surface area contributed by atoms with Crippen LogP contribution in [-0.2, 0) is 10.2 Å². The lowest BCUT2D eigenvalue weighted by Gasteiger charge is -2.30. The van der Waals surface area contributed by atoms with E-state index in [9.17, 15) is 8.42 Å². The van der Waals surface area contributed by atoms with Crippen molar-refractivity contribution in [3.8, 4) is 0 Å². The van der Waals surface area contributed by atoms with Gasteiger partial charge in [-0.25, -0.2) is 0 Å². The first-order valence-electron chi connectivity index (χ1n) is 6.35. The molecule has 0 bridgehead atoms. The summed E-state index contributed by atoms with van der Waals surface area (Å²) in [5.41, 5.74) is 5.89. The minimum absolute atomic E-state index is 0.292. The Balaban J connectivity index is 2.10. The number of rotatable bonds is 4. The number of nitrogens with one attached hydrogen (secondary N) is 1. The number of nitrogens with zero attached hydrogens (tertiary/aromatic N) is 1. The van der Waals surface area contributed by atoms with Crippen molar-refractivity contribution >= 4 is 39.1 Å². The molecule has 2 rings (SSSR count). The van der Waals surface area contributed by atoms with Gasteiger partial charge in [0.25, 0.3) is 0 Å². The quantitative estimate of drug-likeness (QED) is 0.885. The van der Waals surface area contributed by atoms with Gasteiger partial charge in [0.2, 0.25) is 0 Å². The van der Waals surface area contributed by atoms with E-state index in [0.717, 1.165) is 12.8 Å². The number of benzene rings is 1. The largest absolute Gasteiger partial charge is 0.330 e. The fourth-order valence-electron chi connectivity index (χ4n) is 2.16. The van der Waals surface area contributed by atoms with Gasteiger partial charge >= 0.3 is 10.2 Å². The third kappa shape index (κ3) is 3.77. The van der Waals surface area contributed by atoms with Crippen LogP contribution >= 0.6 is 23.2 Å². The van der Waals surface area contributed by atoms with Crippen LogP contribution in [0.3, 0.4) is 0 Å². The summed E-state index contributed by atoms with van der Waals surface area (Å²) in [4.78, 5) is 0. The number of hydrogen-bond acceptors (Lipinski definition) is 3. The lowest BCUT2D eigenvalue weighted by atomic mass is 9.99. The Morgan fingerprint density at radius 3 is 2.55 bits per heavy atom. The molecule has 1 aliphatic heterocycles. The SMILES string of the molecule is NCC1CCN(S(=O)(=O)Nc2cc(Cl)ccc2Cl)CC1. The molecule has 1 aliphatic rings. The second kappa shape index (κ2) is 6.49. The average molecular weight is 338 g/mol. The van der Waals surface area contributed by atoms with E-state index < -0.39 is 10.2 Å². The molecule has 1 fully saturated rings. The van der Waals surface area contributed by atoms with Gasteiger partial charge in [0, 0.05) is 18.1 Å². The highest BCUT2D eigenvalue weighted by Crippen LogP contribution is 2.27. The fraction of sp³-hybridized carbons (Fsp3) is 0.500. The van der Waals surface area contributed by atoms with Gasteiger partial charge in [0.15, 0.2) is 0 Å².